The number of hydrogen-bond donors (Lipinski definition) is 2. The second-order valence-corrected chi connectivity index (χ2v) is 14.0. The first-order chi connectivity index (χ1) is 18.6. The maximum absolute atomic E-state index is 15.0. The Bertz CT molecular complexity index is 1310. The molecule has 0 spiro atoms. The van der Waals surface area contributed by atoms with Gasteiger partial charge in [-0.1, -0.05) is 0 Å². The highest BCUT2D eigenvalue weighted by molar-refractivity contribution is 7.99. The number of ether oxygens (including phenoxy) is 1. The Kier molecular flexibility index (Phi) is 8.19. The molecular formula is C30H39F2N3O3S. The van der Waals surface area contributed by atoms with E-state index in [1.807, 2.05) is 0 Å². The minimum absolute atomic E-state index is 0.0988. The van der Waals surface area contributed by atoms with E-state index < -0.39 is 21.4 Å². The second-order valence-electron chi connectivity index (χ2n) is 11.6. The van der Waals surface area contributed by atoms with Gasteiger partial charge in [-0.15, -0.1) is 0 Å². The molecule has 2 N–H and O–H groups in total. The fourth-order valence-corrected chi connectivity index (χ4v) is 6.72. The van der Waals surface area contributed by atoms with Gasteiger partial charge in [0.25, 0.3) is 5.91 Å². The zero-order chi connectivity index (χ0) is 27.7. The molecule has 6 nitrogen and oxygen atoms in total. The largest absolute Gasteiger partial charge is 0.493 e. The summed E-state index contributed by atoms with van der Waals surface area (Å²) in [5, 5.41) is 3.29. The molecule has 1 atom stereocenters. The fraction of sp³-hybridized carbons (Fsp3) is 0.533. The summed E-state index contributed by atoms with van der Waals surface area (Å²) in [5.74, 6) is 3.17. The standard InChI is InChI=1S/C30H39F2N3O3S/c1-19(2)33-28-9-6-23(31)14-22(28)17-35-12-10-20(11-13-35)18-38-29-16-27(32)26(15-25(29)21-4-5-21)30(36)34-39(3,37)24-7-8-24/h6,9,14-16,19-21,24,33H,3-5,7-8,10-13,17-18H2,1-2H3,(H,34,36,37). The fourth-order valence-electron chi connectivity index (χ4n) is 5.23. The lowest BCUT2D eigenvalue weighted by Gasteiger charge is -2.32. The summed E-state index contributed by atoms with van der Waals surface area (Å²) < 4.78 is 50.2. The van der Waals surface area contributed by atoms with E-state index in [2.05, 4.69) is 34.7 Å². The Morgan fingerprint density at radius 3 is 2.46 bits per heavy atom. The third-order valence-corrected chi connectivity index (χ3v) is 9.86. The van der Waals surface area contributed by atoms with Crippen LogP contribution in [0.1, 0.15) is 79.8 Å². The number of carbonyl (C=O) groups is 1. The molecule has 2 aromatic carbocycles. The molecular weight excluding hydrogens is 520 g/mol. The van der Waals surface area contributed by atoms with Crippen LogP contribution >= 0.6 is 0 Å². The van der Waals surface area contributed by atoms with Crippen molar-refractivity contribution in [2.24, 2.45) is 5.92 Å². The van der Waals surface area contributed by atoms with E-state index in [-0.39, 0.29) is 28.6 Å². The number of hydrogen-bond acceptors (Lipinski definition) is 5. The summed E-state index contributed by atoms with van der Waals surface area (Å²) in [6.07, 6.45) is 5.36. The van der Waals surface area contributed by atoms with E-state index in [0.717, 1.165) is 68.4 Å². The molecule has 0 radical (unpaired) electrons. The lowest BCUT2D eigenvalue weighted by Crippen LogP contribution is -2.35. The lowest BCUT2D eigenvalue weighted by molar-refractivity contribution is 0.0978. The Morgan fingerprint density at radius 2 is 1.82 bits per heavy atom. The minimum Gasteiger partial charge on any atom is -0.493 e. The van der Waals surface area contributed by atoms with Gasteiger partial charge in [0.1, 0.15) is 17.4 Å². The van der Waals surface area contributed by atoms with Crippen molar-refractivity contribution in [3.8, 4) is 5.75 Å². The third kappa shape index (κ3) is 7.11. The van der Waals surface area contributed by atoms with Crippen LogP contribution in [0.15, 0.2) is 30.3 Å². The van der Waals surface area contributed by atoms with Gasteiger partial charge in [-0.3, -0.25) is 14.4 Å². The average molecular weight is 560 g/mol. The summed E-state index contributed by atoms with van der Waals surface area (Å²) in [6.45, 7) is 7.04. The van der Waals surface area contributed by atoms with Crippen molar-refractivity contribution in [2.75, 3.05) is 25.0 Å². The molecule has 1 heterocycles. The number of nitrogens with zero attached hydrogens (tertiary/aromatic N) is 1. The second kappa shape index (κ2) is 11.5. The van der Waals surface area contributed by atoms with Crippen molar-refractivity contribution < 1.29 is 22.5 Å². The molecule has 212 valence electrons. The van der Waals surface area contributed by atoms with Crippen molar-refractivity contribution in [2.45, 2.75) is 76.1 Å². The number of likely N-dealkylation sites (tertiary alicyclic amines) is 1. The van der Waals surface area contributed by atoms with E-state index in [1.165, 1.54) is 12.1 Å². The SMILES string of the molecule is C=S(=O)(NC(=O)c1cc(C2CC2)c(OCC2CCN(Cc3cc(F)ccc3NC(C)C)CC2)cc1F)C1CC1. The monoisotopic (exact) mass is 559 g/mol. The molecule has 39 heavy (non-hydrogen) atoms. The van der Waals surface area contributed by atoms with Crippen LogP contribution in [-0.4, -0.2) is 51.9 Å². The van der Waals surface area contributed by atoms with Gasteiger partial charge in [0, 0.05) is 29.6 Å². The van der Waals surface area contributed by atoms with Gasteiger partial charge in [0.15, 0.2) is 0 Å². The highest BCUT2D eigenvalue weighted by atomic mass is 32.2. The molecule has 0 bridgehead atoms. The van der Waals surface area contributed by atoms with Gasteiger partial charge in [0.05, 0.1) is 21.9 Å². The molecule has 0 aromatic heterocycles. The normalized spacial score (nSPS) is 20.0. The van der Waals surface area contributed by atoms with E-state index >= 15 is 4.39 Å². The van der Waals surface area contributed by atoms with Crippen LogP contribution in [0.4, 0.5) is 14.5 Å². The third-order valence-electron chi connectivity index (χ3n) is 7.78. The zero-order valence-electron chi connectivity index (χ0n) is 22.8. The van der Waals surface area contributed by atoms with Crippen molar-refractivity contribution in [1.29, 1.82) is 0 Å². The van der Waals surface area contributed by atoms with Crippen LogP contribution in [0.2, 0.25) is 0 Å². The number of benzene rings is 2. The average Bonchev–Trinajstić information content (AvgIpc) is 3.77. The van der Waals surface area contributed by atoms with Crippen LogP contribution in [0.5, 0.6) is 5.75 Å². The van der Waals surface area contributed by atoms with E-state index in [0.29, 0.717) is 24.8 Å². The number of piperidine rings is 1. The molecule has 1 amide bonds. The van der Waals surface area contributed by atoms with Crippen LogP contribution in [0.3, 0.4) is 0 Å². The van der Waals surface area contributed by atoms with Gasteiger partial charge in [0.2, 0.25) is 0 Å². The first-order valence-electron chi connectivity index (χ1n) is 14.0. The number of nitrogens with one attached hydrogen (secondary N) is 2. The van der Waals surface area contributed by atoms with Crippen LogP contribution < -0.4 is 14.8 Å². The molecule has 2 aromatic rings. The molecule has 5 rings (SSSR count). The van der Waals surface area contributed by atoms with Crippen molar-refractivity contribution in [3.05, 3.63) is 58.7 Å². The molecule has 3 aliphatic rings. The van der Waals surface area contributed by atoms with Crippen molar-refractivity contribution in [3.63, 3.8) is 0 Å². The smallest absolute Gasteiger partial charge is 0.265 e. The summed E-state index contributed by atoms with van der Waals surface area (Å²) in [4.78, 5) is 15.1. The Morgan fingerprint density at radius 1 is 1.10 bits per heavy atom. The Balaban J connectivity index is 1.18. The molecule has 1 aliphatic heterocycles. The highest BCUT2D eigenvalue weighted by Gasteiger charge is 2.34. The summed E-state index contributed by atoms with van der Waals surface area (Å²) in [7, 11) is -2.76. The Hall–Kier alpha value is -2.65. The lowest BCUT2D eigenvalue weighted by atomic mass is 9.97. The zero-order valence-corrected chi connectivity index (χ0v) is 23.6. The van der Waals surface area contributed by atoms with Crippen LogP contribution in [0.25, 0.3) is 0 Å². The molecule has 3 fully saturated rings. The summed E-state index contributed by atoms with van der Waals surface area (Å²) in [6, 6.07) is 8.05. The van der Waals surface area contributed by atoms with Gasteiger partial charge in [-0.25, -0.2) is 13.0 Å². The van der Waals surface area contributed by atoms with Crippen LogP contribution in [0, 0.1) is 17.6 Å². The van der Waals surface area contributed by atoms with Gasteiger partial charge >= 0.3 is 0 Å². The maximum Gasteiger partial charge on any atom is 0.265 e. The Labute approximate surface area is 230 Å². The number of halogens is 2. The summed E-state index contributed by atoms with van der Waals surface area (Å²) in [5.41, 5.74) is 2.67. The van der Waals surface area contributed by atoms with Crippen molar-refractivity contribution in [1.82, 2.24) is 9.62 Å². The van der Waals surface area contributed by atoms with Crippen molar-refractivity contribution >= 4 is 27.2 Å². The molecule has 1 saturated heterocycles. The quantitative estimate of drug-likeness (QED) is 0.357. The van der Waals surface area contributed by atoms with E-state index in [4.69, 9.17) is 4.74 Å². The van der Waals surface area contributed by atoms with Gasteiger partial charge in [-0.2, -0.15) is 0 Å². The number of carbonyl (C=O) groups excluding carboxylic acids is 1. The summed E-state index contributed by atoms with van der Waals surface area (Å²) >= 11 is 0. The molecule has 1 unspecified atom stereocenters. The molecule has 2 aliphatic carbocycles. The van der Waals surface area contributed by atoms with Gasteiger partial charge < -0.3 is 10.1 Å². The minimum atomic E-state index is -2.76. The predicted octanol–water partition coefficient (Wildman–Crippen LogP) is 5.48. The van der Waals surface area contributed by atoms with Gasteiger partial charge in [-0.05, 0) is 119 Å². The predicted molar refractivity (Wildman–Crippen MR) is 153 cm³/mol. The molecule has 2 saturated carbocycles. The van der Waals surface area contributed by atoms with Crippen LogP contribution in [-0.2, 0) is 16.3 Å². The maximum atomic E-state index is 15.0. The molecule has 9 heteroatoms. The number of rotatable bonds is 11. The first kappa shape index (κ1) is 27.9. The van der Waals surface area contributed by atoms with E-state index in [1.54, 1.807) is 18.2 Å². The van der Waals surface area contributed by atoms with E-state index in [9.17, 15) is 13.4 Å². The number of amides is 1. The number of anilines is 1. The first-order valence-corrected chi connectivity index (χ1v) is 15.8. The highest BCUT2D eigenvalue weighted by Crippen LogP contribution is 2.45. The topological polar surface area (TPSA) is 70.7 Å².